The van der Waals surface area contributed by atoms with Gasteiger partial charge in [-0.1, -0.05) is 13.3 Å². The molecule has 0 radical (unpaired) electrons. The van der Waals surface area contributed by atoms with Crippen molar-refractivity contribution in [3.05, 3.63) is 11.3 Å². The summed E-state index contributed by atoms with van der Waals surface area (Å²) in [6.07, 6.45) is 4.13. The van der Waals surface area contributed by atoms with Crippen molar-refractivity contribution >= 4 is 0 Å². The third-order valence-corrected chi connectivity index (χ3v) is 4.02. The molecule has 2 rings (SSSR count). The quantitative estimate of drug-likeness (QED) is 0.872. The standard InChI is InChI=1S/C14H25N3O/c1-10-5-6-12(7-10)8-15-9-13-11(2)16-17(3)14(13)18-4/h10,12,15H,5-9H2,1-4H3. The smallest absolute Gasteiger partial charge is 0.216 e. The van der Waals surface area contributed by atoms with Crippen LogP contribution in [0, 0.1) is 18.8 Å². The maximum Gasteiger partial charge on any atom is 0.216 e. The number of nitrogens with zero attached hydrogens (tertiary/aromatic N) is 2. The minimum Gasteiger partial charge on any atom is -0.481 e. The van der Waals surface area contributed by atoms with Gasteiger partial charge in [-0.15, -0.1) is 0 Å². The first-order chi connectivity index (χ1) is 8.61. The van der Waals surface area contributed by atoms with Gasteiger partial charge in [0.2, 0.25) is 5.88 Å². The third-order valence-electron chi connectivity index (χ3n) is 4.02. The SMILES string of the molecule is COc1c(CNCC2CCC(C)C2)c(C)nn1C. The van der Waals surface area contributed by atoms with E-state index in [1.165, 1.54) is 24.8 Å². The summed E-state index contributed by atoms with van der Waals surface area (Å²) in [6.45, 7) is 6.36. The van der Waals surface area contributed by atoms with E-state index in [9.17, 15) is 0 Å². The lowest BCUT2D eigenvalue weighted by Crippen LogP contribution is -2.21. The highest BCUT2D eigenvalue weighted by molar-refractivity contribution is 5.30. The molecule has 1 N–H and O–H groups in total. The van der Waals surface area contributed by atoms with Crippen molar-refractivity contribution < 1.29 is 4.74 Å². The first kappa shape index (κ1) is 13.4. The summed E-state index contributed by atoms with van der Waals surface area (Å²) in [7, 11) is 3.63. The molecule has 1 aliphatic carbocycles. The number of ether oxygens (including phenoxy) is 1. The van der Waals surface area contributed by atoms with E-state index in [0.29, 0.717) is 0 Å². The number of hydrogen-bond donors (Lipinski definition) is 1. The van der Waals surface area contributed by atoms with E-state index in [4.69, 9.17) is 4.74 Å². The van der Waals surface area contributed by atoms with Crippen LogP contribution in [0.1, 0.15) is 37.4 Å². The summed E-state index contributed by atoms with van der Waals surface area (Å²) < 4.78 is 7.21. The lowest BCUT2D eigenvalue weighted by molar-refractivity contribution is 0.366. The molecule has 1 aromatic heterocycles. The summed E-state index contributed by atoms with van der Waals surface area (Å²) in [5.74, 6) is 2.63. The van der Waals surface area contributed by atoms with Gasteiger partial charge in [0.15, 0.2) is 0 Å². The molecular weight excluding hydrogens is 226 g/mol. The van der Waals surface area contributed by atoms with Crippen molar-refractivity contribution in [3.63, 3.8) is 0 Å². The number of methoxy groups -OCH3 is 1. The van der Waals surface area contributed by atoms with Crippen molar-refractivity contribution in [1.29, 1.82) is 0 Å². The van der Waals surface area contributed by atoms with Gasteiger partial charge in [-0.2, -0.15) is 5.10 Å². The molecule has 102 valence electrons. The Morgan fingerprint density at radius 1 is 1.44 bits per heavy atom. The molecule has 1 fully saturated rings. The van der Waals surface area contributed by atoms with Crippen molar-refractivity contribution in [3.8, 4) is 5.88 Å². The molecule has 1 aromatic rings. The van der Waals surface area contributed by atoms with Gasteiger partial charge in [0, 0.05) is 13.6 Å². The summed E-state index contributed by atoms with van der Waals surface area (Å²) in [5.41, 5.74) is 2.24. The van der Waals surface area contributed by atoms with E-state index < -0.39 is 0 Å². The van der Waals surface area contributed by atoms with Crippen LogP contribution >= 0.6 is 0 Å². The number of rotatable bonds is 5. The van der Waals surface area contributed by atoms with Crippen LogP contribution in [0.15, 0.2) is 0 Å². The van der Waals surface area contributed by atoms with E-state index in [1.807, 2.05) is 18.7 Å². The van der Waals surface area contributed by atoms with Crippen LogP contribution in [0.25, 0.3) is 0 Å². The summed E-state index contributed by atoms with van der Waals surface area (Å²) in [4.78, 5) is 0. The lowest BCUT2D eigenvalue weighted by atomic mass is 10.1. The maximum absolute atomic E-state index is 5.40. The van der Waals surface area contributed by atoms with Gasteiger partial charge < -0.3 is 10.1 Å². The Morgan fingerprint density at radius 2 is 2.22 bits per heavy atom. The van der Waals surface area contributed by atoms with E-state index in [0.717, 1.165) is 36.5 Å². The first-order valence-electron chi connectivity index (χ1n) is 6.89. The van der Waals surface area contributed by atoms with Gasteiger partial charge in [0.1, 0.15) is 0 Å². The van der Waals surface area contributed by atoms with E-state index >= 15 is 0 Å². The highest BCUT2D eigenvalue weighted by atomic mass is 16.5. The number of hydrogen-bond acceptors (Lipinski definition) is 3. The van der Waals surface area contributed by atoms with Crippen LogP contribution in [-0.2, 0) is 13.6 Å². The zero-order chi connectivity index (χ0) is 13.1. The predicted octanol–water partition coefficient (Wildman–Crippen LogP) is 2.26. The van der Waals surface area contributed by atoms with Crippen LogP contribution in [0.3, 0.4) is 0 Å². The van der Waals surface area contributed by atoms with Crippen molar-refractivity contribution in [2.45, 2.75) is 39.7 Å². The molecule has 0 saturated heterocycles. The minimum atomic E-state index is 0.850. The Morgan fingerprint density at radius 3 is 2.83 bits per heavy atom. The van der Waals surface area contributed by atoms with Crippen LogP contribution in [0.4, 0.5) is 0 Å². The fraction of sp³-hybridized carbons (Fsp3) is 0.786. The second-order valence-corrected chi connectivity index (χ2v) is 5.61. The van der Waals surface area contributed by atoms with Gasteiger partial charge in [-0.25, -0.2) is 4.68 Å². The van der Waals surface area contributed by atoms with E-state index in [2.05, 4.69) is 17.3 Å². The summed E-state index contributed by atoms with van der Waals surface area (Å²) in [5, 5.41) is 7.96. The minimum absolute atomic E-state index is 0.850. The topological polar surface area (TPSA) is 39.1 Å². The van der Waals surface area contributed by atoms with Crippen molar-refractivity contribution in [2.75, 3.05) is 13.7 Å². The van der Waals surface area contributed by atoms with E-state index in [1.54, 1.807) is 7.11 Å². The van der Waals surface area contributed by atoms with Crippen LogP contribution in [-0.4, -0.2) is 23.4 Å². The fourth-order valence-corrected chi connectivity index (χ4v) is 3.05. The molecule has 0 amide bonds. The Balaban J connectivity index is 1.86. The average molecular weight is 251 g/mol. The molecule has 2 unspecified atom stereocenters. The van der Waals surface area contributed by atoms with Gasteiger partial charge in [0.25, 0.3) is 0 Å². The molecule has 0 bridgehead atoms. The zero-order valence-corrected chi connectivity index (χ0v) is 12.0. The molecule has 1 heterocycles. The molecular formula is C14H25N3O. The molecule has 0 spiro atoms. The molecule has 0 aromatic carbocycles. The average Bonchev–Trinajstić information content (AvgIpc) is 2.84. The second-order valence-electron chi connectivity index (χ2n) is 5.61. The number of aromatic nitrogens is 2. The Labute approximate surface area is 110 Å². The number of nitrogens with one attached hydrogen (secondary N) is 1. The second kappa shape index (κ2) is 5.74. The van der Waals surface area contributed by atoms with Crippen molar-refractivity contribution in [2.24, 2.45) is 18.9 Å². The Hall–Kier alpha value is -1.03. The zero-order valence-electron chi connectivity index (χ0n) is 12.0. The highest BCUT2D eigenvalue weighted by Crippen LogP contribution is 2.29. The monoisotopic (exact) mass is 251 g/mol. The predicted molar refractivity (Wildman–Crippen MR) is 72.7 cm³/mol. The lowest BCUT2D eigenvalue weighted by Gasteiger charge is -2.11. The molecule has 4 nitrogen and oxygen atoms in total. The first-order valence-corrected chi connectivity index (χ1v) is 6.89. The Bertz CT molecular complexity index is 400. The molecule has 1 aliphatic rings. The van der Waals surface area contributed by atoms with Crippen LogP contribution in [0.5, 0.6) is 5.88 Å². The van der Waals surface area contributed by atoms with Crippen LogP contribution in [0.2, 0.25) is 0 Å². The largest absolute Gasteiger partial charge is 0.481 e. The van der Waals surface area contributed by atoms with E-state index in [-0.39, 0.29) is 0 Å². The molecule has 4 heteroatoms. The molecule has 0 aliphatic heterocycles. The van der Waals surface area contributed by atoms with Gasteiger partial charge in [-0.05, 0) is 38.1 Å². The maximum atomic E-state index is 5.40. The molecule has 2 atom stereocenters. The normalized spacial score (nSPS) is 23.6. The molecule has 1 saturated carbocycles. The van der Waals surface area contributed by atoms with Gasteiger partial charge >= 0.3 is 0 Å². The highest BCUT2D eigenvalue weighted by Gasteiger charge is 2.21. The summed E-state index contributed by atoms with van der Waals surface area (Å²) >= 11 is 0. The van der Waals surface area contributed by atoms with Gasteiger partial charge in [0.05, 0.1) is 18.4 Å². The number of aryl methyl sites for hydroxylation is 2. The van der Waals surface area contributed by atoms with Gasteiger partial charge in [-0.3, -0.25) is 0 Å². The third kappa shape index (κ3) is 2.86. The van der Waals surface area contributed by atoms with Crippen LogP contribution < -0.4 is 10.1 Å². The molecule has 18 heavy (non-hydrogen) atoms. The Kier molecular flexibility index (Phi) is 4.27. The summed E-state index contributed by atoms with van der Waals surface area (Å²) in [6, 6.07) is 0. The fourth-order valence-electron chi connectivity index (χ4n) is 3.05. The van der Waals surface area contributed by atoms with Crippen molar-refractivity contribution in [1.82, 2.24) is 15.1 Å².